The van der Waals surface area contributed by atoms with Gasteiger partial charge in [0.2, 0.25) is 11.9 Å². The van der Waals surface area contributed by atoms with E-state index in [4.69, 9.17) is 0 Å². The van der Waals surface area contributed by atoms with Crippen LogP contribution < -0.4 is 10.6 Å². The molecule has 1 saturated carbocycles. The minimum Gasteiger partial charge on any atom is -0.349 e. The van der Waals surface area contributed by atoms with Crippen LogP contribution >= 0.6 is 0 Å². The van der Waals surface area contributed by atoms with Crippen molar-refractivity contribution in [1.29, 1.82) is 0 Å². The van der Waals surface area contributed by atoms with Gasteiger partial charge in [-0.05, 0) is 44.0 Å². The van der Waals surface area contributed by atoms with Gasteiger partial charge in [0.15, 0.2) is 0 Å². The molecule has 1 aliphatic rings. The normalized spacial score (nSPS) is 15.3. The number of rotatable bonds is 6. The van der Waals surface area contributed by atoms with E-state index < -0.39 is 0 Å². The van der Waals surface area contributed by atoms with Crippen LogP contribution in [0.5, 0.6) is 0 Å². The summed E-state index contributed by atoms with van der Waals surface area (Å²) < 4.78 is 2.17. The zero-order chi connectivity index (χ0) is 20.2. The van der Waals surface area contributed by atoms with Gasteiger partial charge in [0.05, 0.1) is 11.0 Å². The van der Waals surface area contributed by atoms with Gasteiger partial charge in [-0.1, -0.05) is 43.2 Å². The Morgan fingerprint density at radius 3 is 2.52 bits per heavy atom. The van der Waals surface area contributed by atoms with Crippen LogP contribution in [0.1, 0.15) is 55.4 Å². The Morgan fingerprint density at radius 1 is 1.07 bits per heavy atom. The van der Waals surface area contributed by atoms with Crippen molar-refractivity contribution in [3.05, 3.63) is 60.2 Å². The fraction of sp³-hybridized carbons (Fsp3) is 0.348. The highest BCUT2D eigenvalue weighted by Crippen LogP contribution is 2.35. The number of hydrogen-bond donors (Lipinski definition) is 2. The summed E-state index contributed by atoms with van der Waals surface area (Å²) in [4.78, 5) is 29.6. The molecule has 1 fully saturated rings. The van der Waals surface area contributed by atoms with E-state index >= 15 is 0 Å². The lowest BCUT2D eigenvalue weighted by molar-refractivity contribution is -0.116. The number of anilines is 1. The van der Waals surface area contributed by atoms with Crippen LogP contribution in [0, 0.1) is 0 Å². The smallest absolute Gasteiger partial charge is 0.251 e. The monoisotopic (exact) mass is 390 g/mol. The maximum Gasteiger partial charge on any atom is 0.251 e. The van der Waals surface area contributed by atoms with Gasteiger partial charge in [0.1, 0.15) is 0 Å². The molecule has 3 aromatic rings. The number of imidazole rings is 1. The third-order valence-electron chi connectivity index (χ3n) is 5.44. The third-order valence-corrected chi connectivity index (χ3v) is 5.44. The second-order valence-corrected chi connectivity index (χ2v) is 7.73. The highest BCUT2D eigenvalue weighted by atomic mass is 16.2. The molecule has 0 saturated heterocycles. The number of carbonyl (C=O) groups excluding carboxylic acids is 2. The molecule has 1 heterocycles. The molecule has 1 aromatic heterocycles. The third kappa shape index (κ3) is 4.31. The van der Waals surface area contributed by atoms with Gasteiger partial charge in [0, 0.05) is 24.1 Å². The molecule has 29 heavy (non-hydrogen) atoms. The predicted octanol–water partition coefficient (Wildman–Crippen LogP) is 4.30. The molecular formula is C23H26N4O2. The Balaban J connectivity index is 1.45. The molecule has 2 amide bonds. The molecule has 1 unspecified atom stereocenters. The van der Waals surface area contributed by atoms with Crippen LogP contribution in [0.25, 0.3) is 11.0 Å². The van der Waals surface area contributed by atoms with Crippen molar-refractivity contribution in [1.82, 2.24) is 14.9 Å². The molecule has 4 rings (SSSR count). The van der Waals surface area contributed by atoms with Crippen LogP contribution in [0.3, 0.4) is 0 Å². The van der Waals surface area contributed by atoms with Crippen molar-refractivity contribution in [2.24, 2.45) is 0 Å². The van der Waals surface area contributed by atoms with Gasteiger partial charge in [0.25, 0.3) is 5.91 Å². The summed E-state index contributed by atoms with van der Waals surface area (Å²) in [5.74, 6) is 0.272. The second kappa shape index (κ2) is 8.47. The highest BCUT2D eigenvalue weighted by Gasteiger charge is 2.24. The van der Waals surface area contributed by atoms with E-state index in [0.717, 1.165) is 23.9 Å². The average molecular weight is 390 g/mol. The van der Waals surface area contributed by atoms with Gasteiger partial charge in [-0.15, -0.1) is 0 Å². The van der Waals surface area contributed by atoms with Gasteiger partial charge in [-0.2, -0.15) is 0 Å². The Bertz CT molecular complexity index is 1010. The molecule has 2 aromatic carbocycles. The quantitative estimate of drug-likeness (QED) is 0.659. The van der Waals surface area contributed by atoms with Gasteiger partial charge < -0.3 is 9.88 Å². The van der Waals surface area contributed by atoms with E-state index in [1.54, 1.807) is 12.1 Å². The zero-order valence-electron chi connectivity index (χ0n) is 16.6. The van der Waals surface area contributed by atoms with E-state index in [1.807, 2.05) is 43.3 Å². The maximum atomic E-state index is 12.7. The number of hydrogen-bond acceptors (Lipinski definition) is 3. The Hall–Kier alpha value is -3.15. The number of benzene rings is 2. The number of amides is 2. The second-order valence-electron chi connectivity index (χ2n) is 7.73. The first-order valence-electron chi connectivity index (χ1n) is 10.2. The molecule has 2 N–H and O–H groups in total. The van der Waals surface area contributed by atoms with E-state index in [2.05, 4.69) is 26.3 Å². The highest BCUT2D eigenvalue weighted by molar-refractivity contribution is 5.95. The molecule has 0 aliphatic heterocycles. The lowest BCUT2D eigenvalue weighted by atomic mass is 10.1. The van der Waals surface area contributed by atoms with Crippen LogP contribution in [0.2, 0.25) is 0 Å². The SMILES string of the molecule is CC(CC(=O)Nc1nc2ccccc2n1C1CCCC1)NC(=O)c1ccccc1. The number of fused-ring (bicyclic) bond motifs is 1. The largest absolute Gasteiger partial charge is 0.349 e. The summed E-state index contributed by atoms with van der Waals surface area (Å²) in [7, 11) is 0. The van der Waals surface area contributed by atoms with Gasteiger partial charge >= 0.3 is 0 Å². The fourth-order valence-corrected chi connectivity index (χ4v) is 4.07. The number of aromatic nitrogens is 2. The lowest BCUT2D eigenvalue weighted by Gasteiger charge is -2.18. The molecule has 0 bridgehead atoms. The topological polar surface area (TPSA) is 76.0 Å². The van der Waals surface area contributed by atoms with Crippen LogP contribution in [0.15, 0.2) is 54.6 Å². The number of carbonyl (C=O) groups is 2. The molecule has 0 spiro atoms. The minimum absolute atomic E-state index is 0.152. The Labute approximate surface area is 170 Å². The lowest BCUT2D eigenvalue weighted by Crippen LogP contribution is -2.35. The molecule has 0 radical (unpaired) electrons. The van der Waals surface area contributed by atoms with E-state index in [0.29, 0.717) is 17.6 Å². The zero-order valence-corrected chi connectivity index (χ0v) is 16.6. The Kier molecular flexibility index (Phi) is 5.60. The first kappa shape index (κ1) is 19.2. The molecular weight excluding hydrogens is 364 g/mol. The summed E-state index contributed by atoms with van der Waals surface area (Å²) in [5.41, 5.74) is 2.53. The van der Waals surface area contributed by atoms with Crippen LogP contribution in [0.4, 0.5) is 5.95 Å². The molecule has 150 valence electrons. The average Bonchev–Trinajstić information content (AvgIpc) is 3.35. The van der Waals surface area contributed by atoms with Crippen molar-refractivity contribution in [3.8, 4) is 0 Å². The van der Waals surface area contributed by atoms with Crippen molar-refractivity contribution < 1.29 is 9.59 Å². The number of nitrogens with one attached hydrogen (secondary N) is 2. The minimum atomic E-state index is -0.285. The van der Waals surface area contributed by atoms with Crippen LogP contribution in [-0.4, -0.2) is 27.4 Å². The van der Waals surface area contributed by atoms with Gasteiger partial charge in [-0.3, -0.25) is 14.9 Å². The van der Waals surface area contributed by atoms with Crippen LogP contribution in [-0.2, 0) is 4.79 Å². The van der Waals surface area contributed by atoms with Crippen molar-refractivity contribution >= 4 is 28.8 Å². The van der Waals surface area contributed by atoms with Crippen molar-refractivity contribution in [2.75, 3.05) is 5.32 Å². The van der Waals surface area contributed by atoms with Crippen molar-refractivity contribution in [3.63, 3.8) is 0 Å². The number of nitrogens with zero attached hydrogens (tertiary/aromatic N) is 2. The van der Waals surface area contributed by atoms with Crippen molar-refractivity contribution in [2.45, 2.75) is 51.1 Å². The first-order chi connectivity index (χ1) is 14.1. The summed E-state index contributed by atoms with van der Waals surface area (Å²) in [6, 6.07) is 17.1. The fourth-order valence-electron chi connectivity index (χ4n) is 4.07. The molecule has 1 atom stereocenters. The molecule has 6 nitrogen and oxygen atoms in total. The van der Waals surface area contributed by atoms with E-state index in [9.17, 15) is 9.59 Å². The standard InChI is InChI=1S/C23H26N4O2/c1-16(24-22(29)17-9-3-2-4-10-17)15-21(28)26-23-25-19-13-7-8-14-20(19)27(23)18-11-5-6-12-18/h2-4,7-10,13-14,16,18H,5-6,11-12,15H2,1H3,(H,24,29)(H,25,26,28). The summed E-state index contributed by atoms with van der Waals surface area (Å²) >= 11 is 0. The first-order valence-corrected chi connectivity index (χ1v) is 10.2. The van der Waals surface area contributed by atoms with Gasteiger partial charge in [-0.25, -0.2) is 4.98 Å². The molecule has 1 aliphatic carbocycles. The number of para-hydroxylation sites is 2. The summed E-state index contributed by atoms with van der Waals surface area (Å²) in [6.07, 6.45) is 4.80. The van der Waals surface area contributed by atoms with E-state index in [1.165, 1.54) is 12.8 Å². The van der Waals surface area contributed by atoms with E-state index in [-0.39, 0.29) is 24.3 Å². The summed E-state index contributed by atoms with van der Waals surface area (Å²) in [5, 5.41) is 5.86. The maximum absolute atomic E-state index is 12.7. The summed E-state index contributed by atoms with van der Waals surface area (Å²) in [6.45, 7) is 1.83. The molecule has 6 heteroatoms. The Morgan fingerprint density at radius 2 is 1.76 bits per heavy atom. The predicted molar refractivity (Wildman–Crippen MR) is 114 cm³/mol.